The van der Waals surface area contributed by atoms with Gasteiger partial charge in [0.2, 0.25) is 5.95 Å². The molecule has 31 heavy (non-hydrogen) atoms. The molecule has 0 aliphatic carbocycles. The summed E-state index contributed by atoms with van der Waals surface area (Å²) in [6, 6.07) is 0. The number of nitrogens with two attached hydrogens (primary N) is 1. The smallest absolute Gasteiger partial charge is 0.354 e. The summed E-state index contributed by atoms with van der Waals surface area (Å²) in [7, 11) is 0. The Morgan fingerprint density at radius 1 is 1.32 bits per heavy atom. The summed E-state index contributed by atoms with van der Waals surface area (Å²) in [5.74, 6) is -0.314. The fraction of sp³-hybridized carbons (Fsp3) is 0.800. The van der Waals surface area contributed by atoms with E-state index >= 15 is 0 Å². The lowest BCUT2D eigenvalue weighted by atomic mass is 10.1. The van der Waals surface area contributed by atoms with Crippen LogP contribution in [-0.2, 0) is 23.7 Å². The third-order valence-corrected chi connectivity index (χ3v) is 5.43. The second-order valence-corrected chi connectivity index (χ2v) is 7.93. The number of esters is 1. The van der Waals surface area contributed by atoms with Gasteiger partial charge in [0.05, 0.1) is 18.8 Å². The summed E-state index contributed by atoms with van der Waals surface area (Å²) in [5.41, 5.74) is 4.81. The molecule has 0 amide bonds. The maximum absolute atomic E-state index is 11.9. The largest absolute Gasteiger partial charge is 0.463 e. The van der Waals surface area contributed by atoms with Crippen molar-refractivity contribution >= 4 is 11.9 Å². The molecule has 2 saturated heterocycles. The molecule has 2 aliphatic heterocycles. The number of ether oxygens (including phenoxy) is 4. The predicted octanol–water partition coefficient (Wildman–Crippen LogP) is 0.904. The number of unbranched alkanes of at least 4 members (excludes halogenated alkanes) is 2. The predicted molar refractivity (Wildman–Crippen MR) is 109 cm³/mol. The summed E-state index contributed by atoms with van der Waals surface area (Å²) < 4.78 is 24.0. The van der Waals surface area contributed by atoms with E-state index in [4.69, 9.17) is 24.7 Å². The van der Waals surface area contributed by atoms with E-state index in [2.05, 4.69) is 16.9 Å². The van der Waals surface area contributed by atoms with Gasteiger partial charge in [0.25, 0.3) is 0 Å². The summed E-state index contributed by atoms with van der Waals surface area (Å²) in [6.07, 6.45) is 4.42. The molecule has 0 bridgehead atoms. The first kappa shape index (κ1) is 23.6. The first-order valence-electron chi connectivity index (χ1n) is 10.9. The lowest BCUT2D eigenvalue weighted by Crippen LogP contribution is -2.36. The minimum atomic E-state index is -0.807. The zero-order chi connectivity index (χ0) is 22.2. The number of nitrogens with zero attached hydrogens (tertiary/aromatic N) is 3. The van der Waals surface area contributed by atoms with E-state index in [-0.39, 0.29) is 37.7 Å². The van der Waals surface area contributed by atoms with Gasteiger partial charge in [0, 0.05) is 12.8 Å². The van der Waals surface area contributed by atoms with Crippen LogP contribution >= 0.6 is 0 Å². The van der Waals surface area contributed by atoms with Crippen molar-refractivity contribution in [1.29, 1.82) is 0 Å². The van der Waals surface area contributed by atoms with Crippen molar-refractivity contribution in [2.24, 2.45) is 0 Å². The summed E-state index contributed by atoms with van der Waals surface area (Å²) in [6.45, 7) is 2.41. The van der Waals surface area contributed by atoms with E-state index < -0.39 is 30.4 Å². The third-order valence-electron chi connectivity index (χ3n) is 5.43. The minimum absolute atomic E-state index is 0.108. The number of nitrogen functional groups attached to an aromatic ring is 1. The highest BCUT2D eigenvalue weighted by Crippen LogP contribution is 2.29. The Bertz CT molecular complexity index is 774. The van der Waals surface area contributed by atoms with Crippen molar-refractivity contribution in [1.82, 2.24) is 14.5 Å². The van der Waals surface area contributed by atoms with Gasteiger partial charge < -0.3 is 29.8 Å². The van der Waals surface area contributed by atoms with Crippen LogP contribution in [0.3, 0.4) is 0 Å². The quantitative estimate of drug-likeness (QED) is 0.397. The Kier molecular flexibility index (Phi) is 8.76. The topological polar surface area (TPSA) is 148 Å². The minimum Gasteiger partial charge on any atom is -0.463 e. The van der Waals surface area contributed by atoms with E-state index in [0.29, 0.717) is 12.8 Å². The van der Waals surface area contributed by atoms with Gasteiger partial charge in [-0.05, 0) is 25.7 Å². The van der Waals surface area contributed by atoms with E-state index in [1.54, 1.807) is 0 Å². The van der Waals surface area contributed by atoms with Crippen LogP contribution in [0.1, 0.15) is 64.5 Å². The van der Waals surface area contributed by atoms with Gasteiger partial charge in [0.15, 0.2) is 6.29 Å². The van der Waals surface area contributed by atoms with Crippen LogP contribution in [0.4, 0.5) is 5.95 Å². The highest BCUT2D eigenvalue weighted by atomic mass is 16.7. The summed E-state index contributed by atoms with van der Waals surface area (Å²) in [4.78, 5) is 31.1. The highest BCUT2D eigenvalue weighted by Gasteiger charge is 2.37. The van der Waals surface area contributed by atoms with Crippen LogP contribution in [0.25, 0.3) is 0 Å². The first-order valence-corrected chi connectivity index (χ1v) is 10.9. The highest BCUT2D eigenvalue weighted by molar-refractivity contribution is 5.69. The monoisotopic (exact) mass is 440 g/mol. The second kappa shape index (κ2) is 11.5. The second-order valence-electron chi connectivity index (χ2n) is 7.93. The number of aromatic nitrogens is 3. The number of anilines is 1. The van der Waals surface area contributed by atoms with Gasteiger partial charge in [-0.25, -0.2) is 9.78 Å². The molecular weight excluding hydrogens is 408 g/mol. The molecule has 11 heteroatoms. The number of carbonyl (C=O) groups is 1. The molecule has 0 saturated carbocycles. The van der Waals surface area contributed by atoms with Gasteiger partial charge in [0.1, 0.15) is 25.3 Å². The number of carbonyl (C=O) groups excluding carboxylic acids is 1. The number of hydrogen-bond donors (Lipinski definition) is 2. The third kappa shape index (κ3) is 6.96. The fourth-order valence-corrected chi connectivity index (χ4v) is 3.68. The lowest BCUT2D eigenvalue weighted by Gasteiger charge is -2.30. The van der Waals surface area contributed by atoms with Crippen molar-refractivity contribution in [2.45, 2.75) is 89.1 Å². The zero-order valence-corrected chi connectivity index (χ0v) is 17.9. The van der Waals surface area contributed by atoms with E-state index in [0.717, 1.165) is 32.1 Å². The molecule has 3 N–H and O–H groups in total. The normalized spacial score (nSPS) is 28.5. The van der Waals surface area contributed by atoms with Crippen LogP contribution < -0.4 is 11.4 Å². The Balaban J connectivity index is 1.41. The van der Waals surface area contributed by atoms with Crippen LogP contribution in [-0.4, -0.2) is 63.4 Å². The molecule has 3 heterocycles. The molecule has 0 spiro atoms. The number of hydrogen-bond acceptors (Lipinski definition) is 10. The van der Waals surface area contributed by atoms with Crippen molar-refractivity contribution in [2.75, 3.05) is 18.9 Å². The molecule has 1 aromatic rings. The SMILES string of the molecule is CCCCCC(=O)OCC1CCCC(OCC2OC(n3cnc(N)nc3=O)CC2O)O1. The van der Waals surface area contributed by atoms with Gasteiger partial charge in [-0.1, -0.05) is 19.8 Å². The summed E-state index contributed by atoms with van der Waals surface area (Å²) in [5, 5.41) is 10.3. The van der Waals surface area contributed by atoms with Crippen LogP contribution in [0.5, 0.6) is 0 Å². The van der Waals surface area contributed by atoms with Crippen LogP contribution in [0.2, 0.25) is 0 Å². The zero-order valence-electron chi connectivity index (χ0n) is 17.9. The maximum atomic E-state index is 11.9. The van der Waals surface area contributed by atoms with Crippen molar-refractivity contribution in [3.63, 3.8) is 0 Å². The van der Waals surface area contributed by atoms with Gasteiger partial charge in [-0.2, -0.15) is 4.98 Å². The van der Waals surface area contributed by atoms with E-state index in [1.165, 1.54) is 10.9 Å². The number of rotatable bonds is 10. The maximum Gasteiger partial charge on any atom is 0.354 e. The van der Waals surface area contributed by atoms with Crippen molar-refractivity contribution in [3.8, 4) is 0 Å². The van der Waals surface area contributed by atoms with E-state index in [9.17, 15) is 14.7 Å². The van der Waals surface area contributed by atoms with Gasteiger partial charge in [-0.15, -0.1) is 0 Å². The molecule has 2 fully saturated rings. The molecule has 0 aromatic carbocycles. The molecule has 0 radical (unpaired) electrons. The molecule has 2 aliphatic rings. The molecule has 5 atom stereocenters. The molecule has 5 unspecified atom stereocenters. The average molecular weight is 440 g/mol. The molecule has 174 valence electrons. The van der Waals surface area contributed by atoms with Gasteiger partial charge in [-0.3, -0.25) is 9.36 Å². The Morgan fingerprint density at radius 2 is 2.16 bits per heavy atom. The Morgan fingerprint density at radius 3 is 2.94 bits per heavy atom. The first-order chi connectivity index (χ1) is 15.0. The molecular formula is C20H32N4O7. The van der Waals surface area contributed by atoms with Crippen molar-refractivity contribution in [3.05, 3.63) is 16.8 Å². The van der Waals surface area contributed by atoms with Crippen LogP contribution in [0.15, 0.2) is 11.1 Å². The van der Waals surface area contributed by atoms with E-state index in [1.807, 2.05) is 0 Å². The summed E-state index contributed by atoms with van der Waals surface area (Å²) >= 11 is 0. The molecule has 11 nitrogen and oxygen atoms in total. The Hall–Kier alpha value is -2.08. The number of aliphatic hydroxyl groups excluding tert-OH is 1. The van der Waals surface area contributed by atoms with Crippen molar-refractivity contribution < 1.29 is 28.8 Å². The Labute approximate surface area is 180 Å². The molecule has 1 aromatic heterocycles. The van der Waals surface area contributed by atoms with Gasteiger partial charge >= 0.3 is 11.7 Å². The fourth-order valence-electron chi connectivity index (χ4n) is 3.68. The number of aliphatic hydroxyl groups is 1. The van der Waals surface area contributed by atoms with Crippen LogP contribution in [0, 0.1) is 0 Å². The average Bonchev–Trinajstić information content (AvgIpc) is 3.11. The lowest BCUT2D eigenvalue weighted by molar-refractivity contribution is -0.219. The molecule has 3 rings (SSSR count). The standard InChI is InChI=1S/C20H32N4O7/c1-2-3-4-7-17(26)28-10-13-6-5-8-18(30-13)29-11-15-14(25)9-16(31-15)24-12-22-19(21)23-20(24)27/h12-16,18,25H,2-11H2,1H3,(H2,21,23,27).